The molecule has 2 heterocycles. The standard InChI is InChI=1S/C17H32N2O2/c1-12-8-13(2)11-18(10-12)17(21)15(4)19-7-5-6-16(19)9-14(3)20/h12-16,20H,5-11H2,1-4H3. The summed E-state index contributed by atoms with van der Waals surface area (Å²) in [6, 6.07) is 0.317. The van der Waals surface area contributed by atoms with Gasteiger partial charge >= 0.3 is 0 Å². The van der Waals surface area contributed by atoms with Crippen molar-refractivity contribution in [3.63, 3.8) is 0 Å². The van der Waals surface area contributed by atoms with Gasteiger partial charge in [-0.05, 0) is 57.9 Å². The molecule has 122 valence electrons. The van der Waals surface area contributed by atoms with Gasteiger partial charge in [0.1, 0.15) is 0 Å². The van der Waals surface area contributed by atoms with Crippen molar-refractivity contribution in [1.29, 1.82) is 0 Å². The minimum atomic E-state index is -0.284. The van der Waals surface area contributed by atoms with Gasteiger partial charge in [-0.25, -0.2) is 0 Å². The average molecular weight is 296 g/mol. The van der Waals surface area contributed by atoms with Crippen molar-refractivity contribution in [3.05, 3.63) is 0 Å². The van der Waals surface area contributed by atoms with Crippen LogP contribution in [0.3, 0.4) is 0 Å². The Morgan fingerprint density at radius 1 is 1.24 bits per heavy atom. The summed E-state index contributed by atoms with van der Waals surface area (Å²) in [5, 5.41) is 9.65. The summed E-state index contributed by atoms with van der Waals surface area (Å²) in [5.41, 5.74) is 0. The summed E-state index contributed by atoms with van der Waals surface area (Å²) in [6.07, 6.45) is 3.97. The molecule has 4 nitrogen and oxygen atoms in total. The van der Waals surface area contributed by atoms with Crippen LogP contribution in [0.2, 0.25) is 0 Å². The number of carbonyl (C=O) groups is 1. The first-order chi connectivity index (χ1) is 9.88. The number of rotatable bonds is 4. The lowest BCUT2D eigenvalue weighted by Gasteiger charge is -2.39. The molecule has 0 aromatic rings. The summed E-state index contributed by atoms with van der Waals surface area (Å²) in [5.74, 6) is 1.50. The maximum atomic E-state index is 12.8. The molecule has 5 atom stereocenters. The van der Waals surface area contributed by atoms with Gasteiger partial charge in [-0.1, -0.05) is 13.8 Å². The highest BCUT2D eigenvalue weighted by atomic mass is 16.3. The fourth-order valence-corrected chi connectivity index (χ4v) is 4.26. The van der Waals surface area contributed by atoms with Crippen molar-refractivity contribution in [2.45, 2.75) is 71.6 Å². The number of carbonyl (C=O) groups excluding carboxylic acids is 1. The Kier molecular flexibility index (Phi) is 5.67. The third kappa shape index (κ3) is 4.19. The number of aliphatic hydroxyl groups excluding tert-OH is 1. The molecule has 2 aliphatic heterocycles. The Labute approximate surface area is 129 Å². The number of piperidine rings is 1. The number of likely N-dealkylation sites (tertiary alicyclic amines) is 2. The van der Waals surface area contributed by atoms with Crippen molar-refractivity contribution in [2.75, 3.05) is 19.6 Å². The molecule has 0 radical (unpaired) electrons. The highest BCUT2D eigenvalue weighted by Gasteiger charge is 2.36. The van der Waals surface area contributed by atoms with Crippen LogP contribution in [0.15, 0.2) is 0 Å². The molecule has 2 aliphatic rings. The van der Waals surface area contributed by atoms with Gasteiger partial charge in [0.15, 0.2) is 0 Å². The number of hydrogen-bond acceptors (Lipinski definition) is 3. The lowest BCUT2D eigenvalue weighted by molar-refractivity contribution is -0.139. The Morgan fingerprint density at radius 2 is 1.86 bits per heavy atom. The maximum absolute atomic E-state index is 12.8. The fraction of sp³-hybridized carbons (Fsp3) is 0.941. The second-order valence-electron chi connectivity index (χ2n) is 7.48. The maximum Gasteiger partial charge on any atom is 0.239 e. The van der Waals surface area contributed by atoms with Crippen LogP contribution in [0.25, 0.3) is 0 Å². The van der Waals surface area contributed by atoms with Crippen molar-refractivity contribution in [2.24, 2.45) is 11.8 Å². The average Bonchev–Trinajstić information content (AvgIpc) is 2.83. The van der Waals surface area contributed by atoms with Crippen LogP contribution in [0.4, 0.5) is 0 Å². The molecule has 0 aromatic heterocycles. The van der Waals surface area contributed by atoms with Crippen molar-refractivity contribution in [3.8, 4) is 0 Å². The van der Waals surface area contributed by atoms with E-state index in [2.05, 4.69) is 23.6 Å². The molecule has 2 fully saturated rings. The minimum absolute atomic E-state index is 0.0475. The molecule has 0 aromatic carbocycles. The van der Waals surface area contributed by atoms with E-state index in [1.54, 1.807) is 0 Å². The van der Waals surface area contributed by atoms with Crippen LogP contribution in [-0.2, 0) is 4.79 Å². The predicted octanol–water partition coefficient (Wildman–Crippen LogP) is 2.11. The first kappa shape index (κ1) is 16.8. The molecule has 1 N–H and O–H groups in total. The predicted molar refractivity (Wildman–Crippen MR) is 85.0 cm³/mol. The van der Waals surface area contributed by atoms with E-state index >= 15 is 0 Å². The van der Waals surface area contributed by atoms with Crippen LogP contribution < -0.4 is 0 Å². The molecular weight excluding hydrogens is 264 g/mol. The molecule has 0 aliphatic carbocycles. The van der Waals surface area contributed by atoms with E-state index in [-0.39, 0.29) is 18.1 Å². The van der Waals surface area contributed by atoms with Gasteiger partial charge in [-0.3, -0.25) is 9.69 Å². The van der Waals surface area contributed by atoms with E-state index in [9.17, 15) is 9.90 Å². The van der Waals surface area contributed by atoms with Crippen LogP contribution in [0.5, 0.6) is 0 Å². The molecule has 0 spiro atoms. The van der Waals surface area contributed by atoms with Crippen molar-refractivity contribution >= 4 is 5.91 Å². The molecule has 0 saturated carbocycles. The monoisotopic (exact) mass is 296 g/mol. The Balaban J connectivity index is 1.97. The van der Waals surface area contributed by atoms with Crippen LogP contribution in [-0.4, -0.2) is 58.6 Å². The van der Waals surface area contributed by atoms with Crippen molar-refractivity contribution < 1.29 is 9.90 Å². The number of amides is 1. The summed E-state index contributed by atoms with van der Waals surface area (Å²) in [4.78, 5) is 17.2. The van der Waals surface area contributed by atoms with Gasteiger partial charge in [0.25, 0.3) is 0 Å². The van der Waals surface area contributed by atoms with Crippen LogP contribution >= 0.6 is 0 Å². The van der Waals surface area contributed by atoms with Gasteiger partial charge in [-0.15, -0.1) is 0 Å². The lowest BCUT2D eigenvalue weighted by atomic mass is 9.91. The normalized spacial score (nSPS) is 34.0. The van der Waals surface area contributed by atoms with Gasteiger partial charge in [0.05, 0.1) is 12.1 Å². The first-order valence-corrected chi connectivity index (χ1v) is 8.61. The fourth-order valence-electron chi connectivity index (χ4n) is 4.26. The smallest absolute Gasteiger partial charge is 0.239 e. The van der Waals surface area contributed by atoms with Crippen molar-refractivity contribution in [1.82, 2.24) is 9.80 Å². The van der Waals surface area contributed by atoms with Gasteiger partial charge in [-0.2, -0.15) is 0 Å². The Morgan fingerprint density at radius 3 is 2.43 bits per heavy atom. The SMILES string of the molecule is CC(O)CC1CCCN1C(C)C(=O)N1CC(C)CC(C)C1. The third-order valence-electron chi connectivity index (χ3n) is 5.07. The number of hydrogen-bond donors (Lipinski definition) is 1. The van der Waals surface area contributed by atoms with Crippen LogP contribution in [0.1, 0.15) is 53.4 Å². The second-order valence-corrected chi connectivity index (χ2v) is 7.48. The molecule has 2 saturated heterocycles. The zero-order chi connectivity index (χ0) is 15.6. The van der Waals surface area contributed by atoms with E-state index in [0.717, 1.165) is 38.9 Å². The third-order valence-corrected chi connectivity index (χ3v) is 5.07. The summed E-state index contributed by atoms with van der Waals surface area (Å²) in [7, 11) is 0. The van der Waals surface area contributed by atoms with Gasteiger partial charge in [0, 0.05) is 19.1 Å². The summed E-state index contributed by atoms with van der Waals surface area (Å²) < 4.78 is 0. The highest BCUT2D eigenvalue weighted by molar-refractivity contribution is 5.81. The van der Waals surface area contributed by atoms with Crippen LogP contribution in [0, 0.1) is 11.8 Å². The molecule has 5 unspecified atom stereocenters. The van der Waals surface area contributed by atoms with Gasteiger partial charge < -0.3 is 10.0 Å². The van der Waals surface area contributed by atoms with Gasteiger partial charge in [0.2, 0.25) is 5.91 Å². The Hall–Kier alpha value is -0.610. The zero-order valence-corrected chi connectivity index (χ0v) is 14.1. The molecule has 0 bridgehead atoms. The highest BCUT2D eigenvalue weighted by Crippen LogP contribution is 2.27. The lowest BCUT2D eigenvalue weighted by Crippen LogP contribution is -2.52. The topological polar surface area (TPSA) is 43.8 Å². The molecular formula is C17H32N2O2. The van der Waals surface area contributed by atoms with E-state index in [1.165, 1.54) is 6.42 Å². The van der Waals surface area contributed by atoms with E-state index < -0.39 is 0 Å². The van der Waals surface area contributed by atoms with E-state index in [1.807, 2.05) is 13.8 Å². The molecule has 2 rings (SSSR count). The number of nitrogens with zero attached hydrogens (tertiary/aromatic N) is 2. The van der Waals surface area contributed by atoms with E-state index in [4.69, 9.17) is 0 Å². The second kappa shape index (κ2) is 7.10. The first-order valence-electron chi connectivity index (χ1n) is 8.61. The quantitative estimate of drug-likeness (QED) is 0.864. The summed E-state index contributed by atoms with van der Waals surface area (Å²) in [6.45, 7) is 11.2. The Bertz CT molecular complexity index is 349. The molecule has 1 amide bonds. The largest absolute Gasteiger partial charge is 0.393 e. The van der Waals surface area contributed by atoms with E-state index in [0.29, 0.717) is 17.9 Å². The molecule has 21 heavy (non-hydrogen) atoms. The molecule has 4 heteroatoms. The minimum Gasteiger partial charge on any atom is -0.393 e. The summed E-state index contributed by atoms with van der Waals surface area (Å²) >= 11 is 0. The zero-order valence-electron chi connectivity index (χ0n) is 14.1. The number of aliphatic hydroxyl groups is 1.